The van der Waals surface area contributed by atoms with Crippen molar-refractivity contribution in [2.24, 2.45) is 11.8 Å². The third-order valence-electron chi connectivity index (χ3n) is 5.34. The Hall–Kier alpha value is -2.48. The fraction of sp³-hybridized carbons (Fsp3) is 0.471. The summed E-state index contributed by atoms with van der Waals surface area (Å²) in [7, 11) is 0. The minimum absolute atomic E-state index is 0.258. The molecule has 1 unspecified atom stereocenters. The van der Waals surface area contributed by atoms with E-state index in [1.54, 1.807) is 29.2 Å². The summed E-state index contributed by atoms with van der Waals surface area (Å²) >= 11 is 0. The van der Waals surface area contributed by atoms with Crippen LogP contribution in [-0.4, -0.2) is 46.9 Å². The van der Waals surface area contributed by atoms with Gasteiger partial charge in [0.1, 0.15) is 11.9 Å². The Bertz CT molecular complexity index is 802. The highest BCUT2D eigenvalue weighted by Crippen LogP contribution is 2.58. The predicted molar refractivity (Wildman–Crippen MR) is 84.6 cm³/mol. The molecule has 1 aromatic heterocycles. The SMILES string of the molecule is O=C1O[C@@H](Cn2ccnn2)CN1c1ccc(C2[C@H]3COC[C@@H]23)c(F)c1. The summed E-state index contributed by atoms with van der Waals surface area (Å²) in [5.74, 6) is 0.895. The molecule has 4 atom stereocenters. The van der Waals surface area contributed by atoms with Crippen LogP contribution in [0.15, 0.2) is 30.6 Å². The molecule has 7 nitrogen and oxygen atoms in total. The zero-order chi connectivity index (χ0) is 17.0. The van der Waals surface area contributed by atoms with Crippen LogP contribution >= 0.6 is 0 Å². The zero-order valence-corrected chi connectivity index (χ0v) is 13.4. The molecule has 5 rings (SSSR count). The molecule has 3 aliphatic rings. The summed E-state index contributed by atoms with van der Waals surface area (Å²) in [5, 5.41) is 7.60. The average molecular weight is 344 g/mol. The standard InChI is InChI=1S/C17H17FN4O3/c18-15-5-10(1-2-12(15)16-13-8-24-9-14(13)16)22-7-11(25-17(22)23)6-21-4-3-19-20-21/h1-5,11,13-14,16H,6-9H2/t11-,13-,14+,16?/m0/s1. The van der Waals surface area contributed by atoms with E-state index in [1.807, 2.05) is 0 Å². The molecule has 0 bridgehead atoms. The molecule has 1 aromatic carbocycles. The van der Waals surface area contributed by atoms with Crippen LogP contribution in [0.3, 0.4) is 0 Å². The van der Waals surface area contributed by atoms with Crippen molar-refractivity contribution < 1.29 is 18.7 Å². The maximum absolute atomic E-state index is 14.6. The molecule has 130 valence electrons. The number of aromatic nitrogens is 3. The number of nitrogens with zero attached hydrogens (tertiary/aromatic N) is 4. The van der Waals surface area contributed by atoms with E-state index in [0.29, 0.717) is 30.6 Å². The van der Waals surface area contributed by atoms with Gasteiger partial charge in [-0.15, -0.1) is 5.10 Å². The molecule has 0 N–H and O–H groups in total. The van der Waals surface area contributed by atoms with Gasteiger partial charge in [0.25, 0.3) is 0 Å². The first-order valence-electron chi connectivity index (χ1n) is 8.40. The number of benzene rings is 1. The van der Waals surface area contributed by atoms with E-state index in [0.717, 1.165) is 18.8 Å². The smallest absolute Gasteiger partial charge is 0.414 e. The van der Waals surface area contributed by atoms with Gasteiger partial charge in [-0.1, -0.05) is 11.3 Å². The van der Waals surface area contributed by atoms with Gasteiger partial charge in [-0.25, -0.2) is 13.9 Å². The minimum Gasteiger partial charge on any atom is -0.442 e. The lowest BCUT2D eigenvalue weighted by molar-refractivity contribution is 0.129. The average Bonchev–Trinajstić information content (AvgIpc) is 3.07. The van der Waals surface area contributed by atoms with Crippen LogP contribution in [-0.2, 0) is 16.0 Å². The van der Waals surface area contributed by atoms with E-state index in [9.17, 15) is 9.18 Å². The number of anilines is 1. The number of amides is 1. The fourth-order valence-electron chi connectivity index (χ4n) is 4.02. The van der Waals surface area contributed by atoms with E-state index in [4.69, 9.17) is 9.47 Å². The van der Waals surface area contributed by atoms with Crippen molar-refractivity contribution in [1.82, 2.24) is 15.0 Å². The van der Waals surface area contributed by atoms with Gasteiger partial charge in [-0.05, 0) is 35.4 Å². The molecule has 0 spiro atoms. The van der Waals surface area contributed by atoms with Crippen molar-refractivity contribution >= 4 is 11.8 Å². The van der Waals surface area contributed by atoms with E-state index in [-0.39, 0.29) is 17.8 Å². The highest BCUT2D eigenvalue weighted by molar-refractivity contribution is 5.89. The molecule has 0 radical (unpaired) electrons. The van der Waals surface area contributed by atoms with Crippen LogP contribution in [0.4, 0.5) is 14.9 Å². The van der Waals surface area contributed by atoms with Crippen molar-refractivity contribution in [3.63, 3.8) is 0 Å². The Morgan fingerprint density at radius 2 is 2.12 bits per heavy atom. The Labute approximate surface area is 143 Å². The van der Waals surface area contributed by atoms with Crippen LogP contribution in [0.1, 0.15) is 11.5 Å². The number of rotatable bonds is 4. The second kappa shape index (κ2) is 5.52. The van der Waals surface area contributed by atoms with Crippen LogP contribution < -0.4 is 4.90 Å². The van der Waals surface area contributed by atoms with Crippen LogP contribution in [0.25, 0.3) is 0 Å². The molecule has 3 heterocycles. The Balaban J connectivity index is 1.31. The second-order valence-corrected chi connectivity index (χ2v) is 6.84. The summed E-state index contributed by atoms with van der Waals surface area (Å²) in [4.78, 5) is 13.6. The zero-order valence-electron chi connectivity index (χ0n) is 13.4. The van der Waals surface area contributed by atoms with Crippen molar-refractivity contribution in [1.29, 1.82) is 0 Å². The number of cyclic esters (lactones) is 1. The lowest BCUT2D eigenvalue weighted by Crippen LogP contribution is -2.26. The summed E-state index contributed by atoms with van der Waals surface area (Å²) in [6.45, 7) is 2.23. The lowest BCUT2D eigenvalue weighted by atomic mass is 10.1. The molecule has 2 saturated heterocycles. The summed E-state index contributed by atoms with van der Waals surface area (Å²) in [6.07, 6.45) is 2.48. The van der Waals surface area contributed by atoms with Crippen LogP contribution in [0.2, 0.25) is 0 Å². The molecular formula is C17H17FN4O3. The Morgan fingerprint density at radius 3 is 2.84 bits per heavy atom. The molecule has 8 heteroatoms. The van der Waals surface area contributed by atoms with Crippen LogP contribution in [0.5, 0.6) is 0 Å². The van der Waals surface area contributed by atoms with E-state index < -0.39 is 6.09 Å². The summed E-state index contributed by atoms with van der Waals surface area (Å²) in [6, 6.07) is 5.03. The van der Waals surface area contributed by atoms with Gasteiger partial charge in [-0.3, -0.25) is 4.90 Å². The number of hydrogen-bond acceptors (Lipinski definition) is 5. The number of halogens is 1. The van der Waals surface area contributed by atoms with Gasteiger partial charge < -0.3 is 9.47 Å². The second-order valence-electron chi connectivity index (χ2n) is 6.84. The summed E-state index contributed by atoms with van der Waals surface area (Å²) < 4.78 is 26.9. The van der Waals surface area contributed by atoms with Gasteiger partial charge in [0.2, 0.25) is 0 Å². The van der Waals surface area contributed by atoms with E-state index >= 15 is 0 Å². The largest absolute Gasteiger partial charge is 0.442 e. The molecule has 1 saturated carbocycles. The van der Waals surface area contributed by atoms with Gasteiger partial charge in [0.15, 0.2) is 0 Å². The molecule has 25 heavy (non-hydrogen) atoms. The fourth-order valence-corrected chi connectivity index (χ4v) is 4.02. The van der Waals surface area contributed by atoms with Crippen molar-refractivity contribution in [2.45, 2.75) is 18.6 Å². The first-order chi connectivity index (χ1) is 12.2. The van der Waals surface area contributed by atoms with Crippen molar-refractivity contribution in [2.75, 3.05) is 24.7 Å². The van der Waals surface area contributed by atoms with Crippen LogP contribution in [0, 0.1) is 17.7 Å². The van der Waals surface area contributed by atoms with Gasteiger partial charge in [0.05, 0.1) is 38.2 Å². The number of hydrogen-bond donors (Lipinski definition) is 0. The molecule has 1 amide bonds. The van der Waals surface area contributed by atoms with E-state index in [2.05, 4.69) is 10.3 Å². The molecule has 2 aliphatic heterocycles. The number of fused-ring (bicyclic) bond motifs is 1. The van der Waals surface area contributed by atoms with E-state index in [1.165, 1.54) is 11.0 Å². The quantitative estimate of drug-likeness (QED) is 0.846. The molecular weight excluding hydrogens is 327 g/mol. The lowest BCUT2D eigenvalue weighted by Gasteiger charge is -2.15. The van der Waals surface area contributed by atoms with Gasteiger partial charge in [-0.2, -0.15) is 0 Å². The number of carbonyl (C=O) groups excluding carboxylic acids is 1. The van der Waals surface area contributed by atoms with Gasteiger partial charge >= 0.3 is 6.09 Å². The maximum atomic E-state index is 14.6. The Morgan fingerprint density at radius 1 is 1.28 bits per heavy atom. The van der Waals surface area contributed by atoms with Crippen molar-refractivity contribution in [3.05, 3.63) is 42.0 Å². The minimum atomic E-state index is -0.464. The molecule has 1 aliphatic carbocycles. The first kappa shape index (κ1) is 14.8. The maximum Gasteiger partial charge on any atom is 0.414 e. The first-order valence-corrected chi connectivity index (χ1v) is 8.40. The highest BCUT2D eigenvalue weighted by Gasteiger charge is 2.55. The number of ether oxygens (including phenoxy) is 2. The Kier molecular flexibility index (Phi) is 3.27. The highest BCUT2D eigenvalue weighted by atomic mass is 19.1. The van der Waals surface area contributed by atoms with Crippen molar-refractivity contribution in [3.8, 4) is 0 Å². The summed E-state index contributed by atoms with van der Waals surface area (Å²) in [5.41, 5.74) is 1.25. The normalized spacial score (nSPS) is 30.4. The third-order valence-corrected chi connectivity index (χ3v) is 5.34. The molecule has 2 aromatic rings. The van der Waals surface area contributed by atoms with Gasteiger partial charge in [0, 0.05) is 6.20 Å². The third kappa shape index (κ3) is 2.48. The monoisotopic (exact) mass is 344 g/mol. The number of carbonyl (C=O) groups is 1. The predicted octanol–water partition coefficient (Wildman–Crippen LogP) is 1.80. The molecule has 3 fully saturated rings. The topological polar surface area (TPSA) is 69.5 Å².